The first-order valence-corrected chi connectivity index (χ1v) is 7.86. The van der Waals surface area contributed by atoms with Gasteiger partial charge < -0.3 is 5.32 Å². The van der Waals surface area contributed by atoms with Crippen LogP contribution in [-0.2, 0) is 22.9 Å². The number of rotatable bonds is 7. The van der Waals surface area contributed by atoms with Gasteiger partial charge in [0, 0.05) is 31.6 Å². The number of nitrogens with one attached hydrogen (secondary N) is 1. The van der Waals surface area contributed by atoms with Crippen LogP contribution in [0.3, 0.4) is 0 Å². The average molecular weight is 259 g/mol. The Hall–Kier alpha value is -0.880. The Kier molecular flexibility index (Phi) is 5.14. The highest BCUT2D eigenvalue weighted by Gasteiger charge is 2.05. The van der Waals surface area contributed by atoms with E-state index in [0.717, 1.165) is 12.2 Å². The number of sulfone groups is 1. The van der Waals surface area contributed by atoms with Crippen LogP contribution in [0.25, 0.3) is 0 Å². The number of nitrogens with zero attached hydrogens (tertiary/aromatic N) is 2. The highest BCUT2D eigenvalue weighted by molar-refractivity contribution is 7.90. The Bertz CT molecular complexity index is 437. The van der Waals surface area contributed by atoms with Crippen molar-refractivity contribution < 1.29 is 8.42 Å². The molecule has 1 heterocycles. The van der Waals surface area contributed by atoms with Crippen LogP contribution in [0, 0.1) is 0 Å². The summed E-state index contributed by atoms with van der Waals surface area (Å²) in [4.78, 5) is 0. The summed E-state index contributed by atoms with van der Waals surface area (Å²) < 4.78 is 23.9. The zero-order chi connectivity index (χ0) is 12.9. The number of aryl methyl sites for hydroxylation is 1. The molecule has 0 radical (unpaired) electrons. The summed E-state index contributed by atoms with van der Waals surface area (Å²) in [5.41, 5.74) is 1.09. The second-order valence-corrected chi connectivity index (χ2v) is 6.82. The molecule has 0 saturated carbocycles. The Balaban J connectivity index is 2.46. The zero-order valence-corrected chi connectivity index (χ0v) is 11.5. The fourth-order valence-electron chi connectivity index (χ4n) is 1.50. The largest absolute Gasteiger partial charge is 0.309 e. The first kappa shape index (κ1) is 14.2. The van der Waals surface area contributed by atoms with Gasteiger partial charge in [-0.2, -0.15) is 5.10 Å². The molecule has 1 aromatic heterocycles. The minimum Gasteiger partial charge on any atom is -0.309 e. The smallest absolute Gasteiger partial charge is 0.147 e. The molecule has 1 N–H and O–H groups in total. The summed E-state index contributed by atoms with van der Waals surface area (Å²) in [6.45, 7) is 5.58. The Morgan fingerprint density at radius 2 is 2.18 bits per heavy atom. The lowest BCUT2D eigenvalue weighted by atomic mass is 10.3. The molecule has 0 fully saturated rings. The molecule has 1 rings (SSSR count). The van der Waals surface area contributed by atoms with Gasteiger partial charge in [-0.25, -0.2) is 8.42 Å². The van der Waals surface area contributed by atoms with Crippen molar-refractivity contribution in [1.29, 1.82) is 0 Å². The van der Waals surface area contributed by atoms with Crippen molar-refractivity contribution >= 4 is 9.84 Å². The van der Waals surface area contributed by atoms with Crippen molar-refractivity contribution in [3.63, 3.8) is 0 Å². The fourth-order valence-corrected chi connectivity index (χ4v) is 2.15. The topological polar surface area (TPSA) is 64.0 Å². The third kappa shape index (κ3) is 5.83. The molecule has 6 heteroatoms. The molecule has 1 aromatic rings. The average Bonchev–Trinajstić information content (AvgIpc) is 2.60. The number of aromatic nitrogens is 2. The molecule has 0 bridgehead atoms. The molecule has 17 heavy (non-hydrogen) atoms. The lowest BCUT2D eigenvalue weighted by Gasteiger charge is -2.10. The molecule has 0 aromatic carbocycles. The Morgan fingerprint density at radius 1 is 1.47 bits per heavy atom. The first-order valence-electron chi connectivity index (χ1n) is 5.80. The van der Waals surface area contributed by atoms with E-state index in [1.165, 1.54) is 6.26 Å². The van der Waals surface area contributed by atoms with E-state index in [-0.39, 0.29) is 5.75 Å². The van der Waals surface area contributed by atoms with Gasteiger partial charge in [0.25, 0.3) is 0 Å². The van der Waals surface area contributed by atoms with Crippen molar-refractivity contribution in [2.45, 2.75) is 39.4 Å². The van der Waals surface area contributed by atoms with E-state index in [1.54, 1.807) is 6.20 Å². The quantitative estimate of drug-likeness (QED) is 0.787. The lowest BCUT2D eigenvalue weighted by molar-refractivity contribution is 0.521. The summed E-state index contributed by atoms with van der Waals surface area (Å²) in [6.07, 6.45) is 3.62. The van der Waals surface area contributed by atoms with E-state index >= 15 is 0 Å². The van der Waals surface area contributed by atoms with Crippen LogP contribution >= 0.6 is 0 Å². The van der Waals surface area contributed by atoms with E-state index in [1.807, 2.05) is 10.7 Å². The van der Waals surface area contributed by atoms with Crippen LogP contribution in [0.4, 0.5) is 0 Å². The maximum Gasteiger partial charge on any atom is 0.147 e. The SMILES string of the molecule is CC(C)NCc1ccnn1CCCS(C)(=O)=O. The third-order valence-electron chi connectivity index (χ3n) is 2.38. The molecule has 0 spiro atoms. The van der Waals surface area contributed by atoms with Crippen LogP contribution in [0.5, 0.6) is 0 Å². The maximum absolute atomic E-state index is 11.0. The van der Waals surface area contributed by atoms with Gasteiger partial charge in [-0.3, -0.25) is 4.68 Å². The molecular formula is C11H21N3O2S. The van der Waals surface area contributed by atoms with E-state index in [2.05, 4.69) is 24.3 Å². The summed E-state index contributed by atoms with van der Waals surface area (Å²) in [7, 11) is -2.87. The minimum absolute atomic E-state index is 0.212. The summed E-state index contributed by atoms with van der Waals surface area (Å²) in [5, 5.41) is 7.51. The van der Waals surface area contributed by atoms with E-state index < -0.39 is 9.84 Å². The number of hydrogen-bond donors (Lipinski definition) is 1. The lowest BCUT2D eigenvalue weighted by Crippen LogP contribution is -2.24. The molecule has 0 saturated heterocycles. The van der Waals surface area contributed by atoms with Crippen LogP contribution < -0.4 is 5.32 Å². The third-order valence-corrected chi connectivity index (χ3v) is 3.41. The summed E-state index contributed by atoms with van der Waals surface area (Å²) >= 11 is 0. The maximum atomic E-state index is 11.0. The van der Waals surface area contributed by atoms with Crippen LogP contribution in [0.15, 0.2) is 12.3 Å². The molecule has 0 aliphatic carbocycles. The van der Waals surface area contributed by atoms with Gasteiger partial charge in [0.2, 0.25) is 0 Å². The first-order chi connectivity index (χ1) is 7.88. The van der Waals surface area contributed by atoms with Crippen molar-refractivity contribution in [3.8, 4) is 0 Å². The second-order valence-electron chi connectivity index (χ2n) is 4.56. The standard InChI is InChI=1S/C11H21N3O2S/c1-10(2)12-9-11-5-6-13-14(11)7-4-8-17(3,15)16/h5-6,10,12H,4,7-9H2,1-3H3. The van der Waals surface area contributed by atoms with Gasteiger partial charge in [0.15, 0.2) is 0 Å². The van der Waals surface area contributed by atoms with Crippen molar-refractivity contribution in [3.05, 3.63) is 18.0 Å². The minimum atomic E-state index is -2.87. The molecule has 0 amide bonds. The van der Waals surface area contributed by atoms with Crippen LogP contribution in [0.1, 0.15) is 26.0 Å². The molecular weight excluding hydrogens is 238 g/mol. The van der Waals surface area contributed by atoms with Crippen LogP contribution in [0.2, 0.25) is 0 Å². The summed E-state index contributed by atoms with van der Waals surface area (Å²) in [6, 6.07) is 2.38. The predicted octanol–water partition coefficient (Wildman–Crippen LogP) is 0.816. The predicted molar refractivity (Wildman–Crippen MR) is 68.5 cm³/mol. The van der Waals surface area contributed by atoms with Crippen LogP contribution in [-0.4, -0.2) is 36.2 Å². The van der Waals surface area contributed by atoms with Gasteiger partial charge in [-0.05, 0) is 12.5 Å². The van der Waals surface area contributed by atoms with Crippen molar-refractivity contribution in [2.24, 2.45) is 0 Å². The van der Waals surface area contributed by atoms with Gasteiger partial charge in [-0.1, -0.05) is 13.8 Å². The van der Waals surface area contributed by atoms with Crippen molar-refractivity contribution in [1.82, 2.24) is 15.1 Å². The van der Waals surface area contributed by atoms with Gasteiger partial charge in [0.1, 0.15) is 9.84 Å². The monoisotopic (exact) mass is 259 g/mol. The summed E-state index contributed by atoms with van der Waals surface area (Å²) in [5.74, 6) is 0.212. The van der Waals surface area contributed by atoms with Gasteiger partial charge >= 0.3 is 0 Å². The molecule has 98 valence electrons. The normalized spacial score (nSPS) is 12.2. The second kappa shape index (κ2) is 6.16. The highest BCUT2D eigenvalue weighted by atomic mass is 32.2. The van der Waals surface area contributed by atoms with Gasteiger partial charge in [0.05, 0.1) is 11.4 Å². The molecule has 5 nitrogen and oxygen atoms in total. The van der Waals surface area contributed by atoms with Gasteiger partial charge in [-0.15, -0.1) is 0 Å². The zero-order valence-electron chi connectivity index (χ0n) is 10.7. The molecule has 0 aliphatic rings. The van der Waals surface area contributed by atoms with Crippen molar-refractivity contribution in [2.75, 3.05) is 12.0 Å². The van der Waals surface area contributed by atoms with E-state index in [4.69, 9.17) is 0 Å². The molecule has 0 aliphatic heterocycles. The molecule has 0 unspecified atom stereocenters. The molecule has 0 atom stereocenters. The Labute approximate surface area is 103 Å². The number of hydrogen-bond acceptors (Lipinski definition) is 4. The van der Waals surface area contributed by atoms with E-state index in [0.29, 0.717) is 19.0 Å². The highest BCUT2D eigenvalue weighted by Crippen LogP contribution is 2.01. The van der Waals surface area contributed by atoms with E-state index in [9.17, 15) is 8.42 Å². The fraction of sp³-hybridized carbons (Fsp3) is 0.727. The Morgan fingerprint density at radius 3 is 2.76 bits per heavy atom.